The van der Waals surface area contributed by atoms with Gasteiger partial charge in [-0.25, -0.2) is 4.98 Å². The van der Waals surface area contributed by atoms with Gasteiger partial charge in [0, 0.05) is 22.9 Å². The average molecular weight is 397 g/mol. The first-order chi connectivity index (χ1) is 13.5. The number of benzene rings is 2. The molecule has 0 spiro atoms. The van der Waals surface area contributed by atoms with E-state index in [1.54, 1.807) is 6.92 Å². The third kappa shape index (κ3) is 5.63. The van der Waals surface area contributed by atoms with Gasteiger partial charge in [-0.15, -0.1) is 0 Å². The van der Waals surface area contributed by atoms with Crippen LogP contribution in [0.15, 0.2) is 59.0 Å². The number of amides is 1. The highest BCUT2D eigenvalue weighted by Gasteiger charge is 2.16. The molecule has 1 amide bonds. The minimum Gasteiger partial charge on any atom is -0.441 e. The van der Waals surface area contributed by atoms with Crippen molar-refractivity contribution in [2.24, 2.45) is 0 Å². The number of aromatic nitrogens is 1. The standard InChI is InChI=1S/C22H24N2O3S/c1-16-8-10-19(11-9-16)22-24-20(17(2)27-22)14-28(26)15-21(25)23-13-12-18-6-4-3-5-7-18/h3-11H,12-15H2,1-2H3,(H,23,25). The molecule has 0 saturated heterocycles. The van der Waals surface area contributed by atoms with E-state index < -0.39 is 10.8 Å². The lowest BCUT2D eigenvalue weighted by Crippen LogP contribution is -2.30. The third-order valence-corrected chi connectivity index (χ3v) is 5.54. The first-order valence-electron chi connectivity index (χ1n) is 9.20. The number of hydrogen-bond acceptors (Lipinski definition) is 4. The van der Waals surface area contributed by atoms with Crippen LogP contribution in [-0.4, -0.2) is 27.4 Å². The predicted octanol–water partition coefficient (Wildman–Crippen LogP) is 3.57. The molecule has 5 nitrogen and oxygen atoms in total. The smallest absolute Gasteiger partial charge is 0.232 e. The maximum atomic E-state index is 12.4. The Bertz CT molecular complexity index is 950. The van der Waals surface area contributed by atoms with Crippen LogP contribution in [0.2, 0.25) is 0 Å². The van der Waals surface area contributed by atoms with Crippen LogP contribution in [0.25, 0.3) is 11.5 Å². The number of hydrogen-bond donors (Lipinski definition) is 1. The van der Waals surface area contributed by atoms with Gasteiger partial charge in [0.15, 0.2) is 0 Å². The van der Waals surface area contributed by atoms with E-state index in [9.17, 15) is 9.00 Å². The molecule has 1 unspecified atom stereocenters. The summed E-state index contributed by atoms with van der Waals surface area (Å²) >= 11 is 0. The highest BCUT2D eigenvalue weighted by molar-refractivity contribution is 7.84. The zero-order valence-electron chi connectivity index (χ0n) is 16.1. The predicted molar refractivity (Wildman–Crippen MR) is 111 cm³/mol. The molecule has 1 atom stereocenters. The van der Waals surface area contributed by atoms with Crippen LogP contribution in [0.3, 0.4) is 0 Å². The van der Waals surface area contributed by atoms with Crippen LogP contribution in [-0.2, 0) is 27.8 Å². The fourth-order valence-corrected chi connectivity index (χ4v) is 3.84. The van der Waals surface area contributed by atoms with Crippen molar-refractivity contribution >= 4 is 16.7 Å². The molecule has 3 aromatic rings. The Labute approximate surface area is 167 Å². The molecule has 146 valence electrons. The minimum absolute atomic E-state index is 0.0407. The number of nitrogens with one attached hydrogen (secondary N) is 1. The van der Waals surface area contributed by atoms with Gasteiger partial charge in [0.1, 0.15) is 11.5 Å². The van der Waals surface area contributed by atoms with Crippen molar-refractivity contribution in [2.75, 3.05) is 12.3 Å². The first-order valence-corrected chi connectivity index (χ1v) is 10.7. The van der Waals surface area contributed by atoms with Gasteiger partial charge in [-0.3, -0.25) is 9.00 Å². The van der Waals surface area contributed by atoms with E-state index in [1.165, 1.54) is 0 Å². The van der Waals surface area contributed by atoms with Crippen molar-refractivity contribution in [1.82, 2.24) is 10.3 Å². The molecule has 0 aliphatic heterocycles. The van der Waals surface area contributed by atoms with Gasteiger partial charge in [0.05, 0.1) is 11.4 Å². The van der Waals surface area contributed by atoms with Crippen LogP contribution < -0.4 is 5.32 Å². The fraction of sp³-hybridized carbons (Fsp3) is 0.273. The van der Waals surface area contributed by atoms with E-state index >= 15 is 0 Å². The molecule has 1 aromatic heterocycles. The summed E-state index contributed by atoms with van der Waals surface area (Å²) in [6.07, 6.45) is 0.752. The monoisotopic (exact) mass is 396 g/mol. The van der Waals surface area contributed by atoms with E-state index in [-0.39, 0.29) is 17.4 Å². The average Bonchev–Trinajstić information content (AvgIpc) is 3.03. The second-order valence-electron chi connectivity index (χ2n) is 6.70. The Balaban J connectivity index is 1.50. The quantitative estimate of drug-likeness (QED) is 0.632. The lowest BCUT2D eigenvalue weighted by Gasteiger charge is -2.05. The van der Waals surface area contributed by atoms with Crippen LogP contribution in [0.1, 0.15) is 22.6 Å². The molecule has 1 heterocycles. The number of nitrogens with zero attached hydrogens (tertiary/aromatic N) is 1. The van der Waals surface area contributed by atoms with Gasteiger partial charge in [0.25, 0.3) is 0 Å². The first kappa shape index (κ1) is 20.0. The summed E-state index contributed by atoms with van der Waals surface area (Å²) in [7, 11) is -1.34. The van der Waals surface area contributed by atoms with Crippen LogP contribution in [0.4, 0.5) is 0 Å². The maximum Gasteiger partial charge on any atom is 0.232 e. The van der Waals surface area contributed by atoms with Gasteiger partial charge in [-0.05, 0) is 38.0 Å². The molecule has 0 fully saturated rings. The summed E-state index contributed by atoms with van der Waals surface area (Å²) in [5.74, 6) is 1.09. The molecule has 0 radical (unpaired) electrons. The Kier molecular flexibility index (Phi) is 6.76. The summed E-state index contributed by atoms with van der Waals surface area (Å²) < 4.78 is 18.1. The lowest BCUT2D eigenvalue weighted by molar-refractivity contribution is -0.118. The second-order valence-corrected chi connectivity index (χ2v) is 8.16. The van der Waals surface area contributed by atoms with Gasteiger partial charge >= 0.3 is 0 Å². The largest absolute Gasteiger partial charge is 0.441 e. The maximum absolute atomic E-state index is 12.4. The van der Waals surface area contributed by atoms with Gasteiger partial charge in [0.2, 0.25) is 11.8 Å². The van der Waals surface area contributed by atoms with Crippen molar-refractivity contribution < 1.29 is 13.4 Å². The van der Waals surface area contributed by atoms with E-state index in [2.05, 4.69) is 10.3 Å². The molecule has 1 N–H and O–H groups in total. The highest BCUT2D eigenvalue weighted by Crippen LogP contribution is 2.22. The molecule has 3 rings (SSSR count). The van der Waals surface area contributed by atoms with Gasteiger partial charge < -0.3 is 9.73 Å². The summed E-state index contributed by atoms with van der Waals surface area (Å²) in [4.78, 5) is 16.5. The van der Waals surface area contributed by atoms with E-state index in [0.29, 0.717) is 23.9 Å². The van der Waals surface area contributed by atoms with Crippen molar-refractivity contribution in [3.63, 3.8) is 0 Å². The zero-order chi connectivity index (χ0) is 19.9. The van der Waals surface area contributed by atoms with Gasteiger partial charge in [-0.2, -0.15) is 0 Å². The lowest BCUT2D eigenvalue weighted by atomic mass is 10.1. The zero-order valence-corrected chi connectivity index (χ0v) is 16.9. The Morgan fingerprint density at radius 3 is 2.50 bits per heavy atom. The molecule has 0 bridgehead atoms. The Morgan fingerprint density at radius 1 is 1.07 bits per heavy atom. The van der Waals surface area contributed by atoms with Crippen molar-refractivity contribution in [2.45, 2.75) is 26.0 Å². The molecule has 0 aliphatic rings. The van der Waals surface area contributed by atoms with Crippen LogP contribution in [0, 0.1) is 13.8 Å². The number of carbonyl (C=O) groups excluding carboxylic acids is 1. The molecule has 0 saturated carbocycles. The number of rotatable bonds is 8. The number of oxazole rings is 1. The molecule has 6 heteroatoms. The SMILES string of the molecule is Cc1ccc(-c2nc(CS(=O)CC(=O)NCCc3ccccc3)c(C)o2)cc1. The van der Waals surface area contributed by atoms with E-state index in [1.807, 2.05) is 61.5 Å². The summed E-state index contributed by atoms with van der Waals surface area (Å²) in [6.45, 7) is 4.35. The summed E-state index contributed by atoms with van der Waals surface area (Å²) in [6, 6.07) is 17.8. The highest BCUT2D eigenvalue weighted by atomic mass is 32.2. The third-order valence-electron chi connectivity index (χ3n) is 4.36. The van der Waals surface area contributed by atoms with E-state index in [4.69, 9.17) is 4.42 Å². The van der Waals surface area contributed by atoms with Crippen molar-refractivity contribution in [1.29, 1.82) is 0 Å². The van der Waals surface area contributed by atoms with Crippen LogP contribution in [0.5, 0.6) is 0 Å². The number of carbonyl (C=O) groups is 1. The minimum atomic E-state index is -1.34. The number of aryl methyl sites for hydroxylation is 2. The fourth-order valence-electron chi connectivity index (χ4n) is 2.77. The summed E-state index contributed by atoms with van der Waals surface area (Å²) in [5.41, 5.74) is 3.83. The molecule has 28 heavy (non-hydrogen) atoms. The molecular formula is C22H24N2O3S. The van der Waals surface area contributed by atoms with Gasteiger partial charge in [-0.1, -0.05) is 48.0 Å². The van der Waals surface area contributed by atoms with Crippen LogP contribution >= 0.6 is 0 Å². The Morgan fingerprint density at radius 2 is 1.79 bits per heavy atom. The topological polar surface area (TPSA) is 72.2 Å². The molecule has 2 aromatic carbocycles. The second kappa shape index (κ2) is 9.46. The molecule has 0 aliphatic carbocycles. The van der Waals surface area contributed by atoms with Crippen molar-refractivity contribution in [3.8, 4) is 11.5 Å². The summed E-state index contributed by atoms with van der Waals surface area (Å²) in [5, 5.41) is 2.82. The van der Waals surface area contributed by atoms with E-state index in [0.717, 1.165) is 23.1 Å². The Hall–Kier alpha value is -2.73. The normalized spacial score (nSPS) is 11.9. The molecular weight excluding hydrogens is 372 g/mol. The van der Waals surface area contributed by atoms with Crippen molar-refractivity contribution in [3.05, 3.63) is 77.2 Å².